The minimum absolute atomic E-state index is 0.130. The van der Waals surface area contributed by atoms with Gasteiger partial charge >= 0.3 is 0 Å². The van der Waals surface area contributed by atoms with E-state index in [4.69, 9.17) is 14.2 Å². The number of methoxy groups -OCH3 is 2. The van der Waals surface area contributed by atoms with Crippen molar-refractivity contribution in [3.63, 3.8) is 0 Å². The molecule has 0 saturated carbocycles. The van der Waals surface area contributed by atoms with E-state index in [0.29, 0.717) is 46.0 Å². The second-order valence-corrected chi connectivity index (χ2v) is 7.45. The molecule has 3 aromatic carbocycles. The number of carbonyl (C=O) groups is 1. The quantitative estimate of drug-likeness (QED) is 0.414. The van der Waals surface area contributed by atoms with Crippen LogP contribution in [-0.2, 0) is 0 Å². The van der Waals surface area contributed by atoms with Crippen LogP contribution in [0.25, 0.3) is 16.5 Å². The van der Waals surface area contributed by atoms with E-state index in [1.54, 1.807) is 61.6 Å². The maximum atomic E-state index is 13.7. The van der Waals surface area contributed by atoms with Crippen LogP contribution >= 0.6 is 0 Å². The highest BCUT2D eigenvalue weighted by atomic mass is 16.5. The molecule has 1 amide bonds. The van der Waals surface area contributed by atoms with E-state index >= 15 is 0 Å². The van der Waals surface area contributed by atoms with E-state index in [0.717, 1.165) is 0 Å². The molecular weight excluding hydrogens is 434 g/mol. The SMILES string of the molecule is CCOc1ccccc1N(C)C(=O)c1nn(-c2cc(OC)cc(OC)c2)c(=O)c2ccccc12. The van der Waals surface area contributed by atoms with Gasteiger partial charge in [-0.1, -0.05) is 30.3 Å². The van der Waals surface area contributed by atoms with Crippen molar-refractivity contribution in [1.82, 2.24) is 9.78 Å². The number of nitrogens with zero attached hydrogens (tertiary/aromatic N) is 3. The van der Waals surface area contributed by atoms with Crippen molar-refractivity contribution in [2.45, 2.75) is 6.92 Å². The first-order chi connectivity index (χ1) is 16.5. The average Bonchev–Trinajstić information content (AvgIpc) is 2.88. The fourth-order valence-corrected chi connectivity index (χ4v) is 3.72. The van der Waals surface area contributed by atoms with Crippen LogP contribution in [0, 0.1) is 0 Å². The van der Waals surface area contributed by atoms with E-state index in [2.05, 4.69) is 5.10 Å². The van der Waals surface area contributed by atoms with Gasteiger partial charge < -0.3 is 19.1 Å². The number of carbonyl (C=O) groups excluding carboxylic acids is 1. The maximum Gasteiger partial charge on any atom is 0.279 e. The van der Waals surface area contributed by atoms with Crippen molar-refractivity contribution in [1.29, 1.82) is 0 Å². The van der Waals surface area contributed by atoms with Crippen molar-refractivity contribution in [3.8, 4) is 22.9 Å². The smallest absolute Gasteiger partial charge is 0.279 e. The van der Waals surface area contributed by atoms with Crippen molar-refractivity contribution in [2.24, 2.45) is 0 Å². The number of hydrogen-bond donors (Lipinski definition) is 0. The summed E-state index contributed by atoms with van der Waals surface area (Å²) in [6, 6.07) is 19.2. The third-order valence-electron chi connectivity index (χ3n) is 5.42. The Morgan fingerprint density at radius 2 is 1.56 bits per heavy atom. The molecule has 0 aliphatic heterocycles. The van der Waals surface area contributed by atoms with Gasteiger partial charge in [0.05, 0.1) is 37.6 Å². The molecular formula is C26H25N3O5. The first kappa shape index (κ1) is 22.8. The molecule has 0 saturated heterocycles. The molecule has 4 aromatic rings. The molecule has 1 heterocycles. The monoisotopic (exact) mass is 459 g/mol. The average molecular weight is 460 g/mol. The highest BCUT2D eigenvalue weighted by Crippen LogP contribution is 2.29. The molecule has 0 atom stereocenters. The lowest BCUT2D eigenvalue weighted by Gasteiger charge is -2.21. The molecule has 174 valence electrons. The van der Waals surface area contributed by atoms with Gasteiger partial charge in [0.1, 0.15) is 17.2 Å². The normalized spacial score (nSPS) is 10.7. The maximum absolute atomic E-state index is 13.7. The van der Waals surface area contributed by atoms with E-state index in [1.807, 2.05) is 19.1 Å². The molecule has 34 heavy (non-hydrogen) atoms. The summed E-state index contributed by atoms with van der Waals surface area (Å²) in [5, 5.41) is 5.34. The zero-order valence-electron chi connectivity index (χ0n) is 19.4. The second-order valence-electron chi connectivity index (χ2n) is 7.45. The number of para-hydroxylation sites is 2. The van der Waals surface area contributed by atoms with Gasteiger partial charge in [0.15, 0.2) is 5.69 Å². The minimum atomic E-state index is -0.382. The Balaban J connectivity index is 1.92. The Morgan fingerprint density at radius 3 is 2.21 bits per heavy atom. The number of amides is 1. The predicted molar refractivity (Wildman–Crippen MR) is 131 cm³/mol. The standard InChI is InChI=1S/C26H25N3O5/c1-5-34-23-13-9-8-12-22(23)28(2)26(31)24-20-10-6-7-11-21(20)25(30)29(27-24)17-14-18(32-3)16-19(15-17)33-4/h6-16H,5H2,1-4H3. The summed E-state index contributed by atoms with van der Waals surface area (Å²) >= 11 is 0. The molecule has 0 aliphatic carbocycles. The molecule has 0 unspecified atom stereocenters. The number of benzene rings is 3. The van der Waals surface area contributed by atoms with Crippen LogP contribution in [-0.4, -0.2) is 43.6 Å². The summed E-state index contributed by atoms with van der Waals surface area (Å²) in [4.78, 5) is 28.5. The van der Waals surface area contributed by atoms with Crippen LogP contribution < -0.4 is 24.7 Å². The summed E-state index contributed by atoms with van der Waals surface area (Å²) in [5.41, 5.74) is 0.782. The van der Waals surface area contributed by atoms with Crippen LogP contribution in [0.5, 0.6) is 17.2 Å². The Labute approximate surface area is 196 Å². The second kappa shape index (κ2) is 9.66. The molecule has 8 nitrogen and oxygen atoms in total. The summed E-state index contributed by atoms with van der Waals surface area (Å²) in [7, 11) is 4.70. The van der Waals surface area contributed by atoms with Gasteiger partial charge in [-0.25, -0.2) is 0 Å². The van der Waals surface area contributed by atoms with Gasteiger partial charge in [-0.05, 0) is 25.1 Å². The third-order valence-corrected chi connectivity index (χ3v) is 5.42. The van der Waals surface area contributed by atoms with Crippen molar-refractivity contribution >= 4 is 22.4 Å². The third kappa shape index (κ3) is 4.17. The van der Waals surface area contributed by atoms with Gasteiger partial charge in [-0.15, -0.1) is 0 Å². The number of fused-ring (bicyclic) bond motifs is 1. The lowest BCUT2D eigenvalue weighted by atomic mass is 10.1. The zero-order chi connectivity index (χ0) is 24.2. The molecule has 0 bridgehead atoms. The fraction of sp³-hybridized carbons (Fsp3) is 0.192. The number of aromatic nitrogens is 2. The Morgan fingerprint density at radius 1 is 0.941 bits per heavy atom. The Hall–Kier alpha value is -4.33. The molecule has 0 N–H and O–H groups in total. The van der Waals surface area contributed by atoms with Gasteiger partial charge in [-0.3, -0.25) is 9.59 Å². The van der Waals surface area contributed by atoms with E-state index in [9.17, 15) is 9.59 Å². The highest BCUT2D eigenvalue weighted by Gasteiger charge is 2.23. The van der Waals surface area contributed by atoms with E-state index < -0.39 is 0 Å². The number of hydrogen-bond acceptors (Lipinski definition) is 6. The molecule has 8 heteroatoms. The van der Waals surface area contributed by atoms with Crippen molar-refractivity contribution in [3.05, 3.63) is 82.8 Å². The first-order valence-electron chi connectivity index (χ1n) is 10.7. The first-order valence-corrected chi connectivity index (χ1v) is 10.7. The highest BCUT2D eigenvalue weighted by molar-refractivity contribution is 6.12. The molecule has 4 rings (SSSR count). The van der Waals surface area contributed by atoms with Crippen LogP contribution in [0.15, 0.2) is 71.5 Å². The number of rotatable bonds is 7. The molecule has 0 aliphatic rings. The summed E-state index contributed by atoms with van der Waals surface area (Å²) in [6.45, 7) is 2.34. The van der Waals surface area contributed by atoms with Gasteiger partial charge in [0.25, 0.3) is 11.5 Å². The Kier molecular flexibility index (Phi) is 6.49. The summed E-state index contributed by atoms with van der Waals surface area (Å²) in [5.74, 6) is 1.18. The van der Waals surface area contributed by atoms with Gasteiger partial charge in [0.2, 0.25) is 0 Å². The van der Waals surface area contributed by atoms with Crippen LogP contribution in [0.3, 0.4) is 0 Å². The van der Waals surface area contributed by atoms with Crippen LogP contribution in [0.2, 0.25) is 0 Å². The van der Waals surface area contributed by atoms with Crippen molar-refractivity contribution < 1.29 is 19.0 Å². The van der Waals surface area contributed by atoms with Crippen LogP contribution in [0.1, 0.15) is 17.4 Å². The summed E-state index contributed by atoms with van der Waals surface area (Å²) in [6.07, 6.45) is 0. The largest absolute Gasteiger partial charge is 0.497 e. The lowest BCUT2D eigenvalue weighted by Crippen LogP contribution is -2.31. The molecule has 0 spiro atoms. The molecule has 0 radical (unpaired) electrons. The summed E-state index contributed by atoms with van der Waals surface area (Å²) < 4.78 is 17.6. The topological polar surface area (TPSA) is 82.9 Å². The van der Waals surface area contributed by atoms with Crippen LogP contribution in [0.4, 0.5) is 5.69 Å². The van der Waals surface area contributed by atoms with E-state index in [-0.39, 0.29) is 17.2 Å². The molecule has 1 aromatic heterocycles. The zero-order valence-corrected chi connectivity index (χ0v) is 19.4. The predicted octanol–water partition coefficient (Wildman–Crippen LogP) is 4.08. The van der Waals surface area contributed by atoms with E-state index in [1.165, 1.54) is 23.8 Å². The Bertz CT molecular complexity index is 1390. The minimum Gasteiger partial charge on any atom is -0.497 e. The fourth-order valence-electron chi connectivity index (χ4n) is 3.72. The van der Waals surface area contributed by atoms with Gasteiger partial charge in [0, 0.05) is 30.6 Å². The lowest BCUT2D eigenvalue weighted by molar-refractivity contribution is 0.0987. The van der Waals surface area contributed by atoms with Crippen molar-refractivity contribution in [2.75, 3.05) is 32.8 Å². The number of ether oxygens (including phenoxy) is 3. The van der Waals surface area contributed by atoms with Gasteiger partial charge in [-0.2, -0.15) is 9.78 Å². The number of anilines is 1. The molecule has 0 fully saturated rings.